The van der Waals surface area contributed by atoms with Gasteiger partial charge in [-0.15, -0.1) is 5.10 Å². The van der Waals surface area contributed by atoms with Crippen LogP contribution >= 0.6 is 0 Å². The molecule has 1 aliphatic rings. The minimum absolute atomic E-state index is 0.597. The molecule has 2 rings (SSSR count). The molecular formula is C12H22N4. The third kappa shape index (κ3) is 2.82. The molecule has 90 valence electrons. The molecule has 1 N–H and O–H groups in total. The van der Waals surface area contributed by atoms with Crippen LogP contribution in [0.1, 0.15) is 38.8 Å². The van der Waals surface area contributed by atoms with Crippen LogP contribution in [0.15, 0.2) is 6.20 Å². The molecule has 0 aromatic carbocycles. The summed E-state index contributed by atoms with van der Waals surface area (Å²) in [6, 6.07) is 0. The first-order valence-corrected chi connectivity index (χ1v) is 6.16. The Morgan fingerprint density at radius 1 is 1.50 bits per heavy atom. The zero-order chi connectivity index (χ0) is 11.6. The van der Waals surface area contributed by atoms with Crippen molar-refractivity contribution in [2.45, 2.75) is 39.7 Å². The van der Waals surface area contributed by atoms with E-state index >= 15 is 0 Å². The van der Waals surface area contributed by atoms with Gasteiger partial charge in [0.15, 0.2) is 0 Å². The van der Waals surface area contributed by atoms with Crippen molar-refractivity contribution in [3.05, 3.63) is 11.9 Å². The van der Waals surface area contributed by atoms with Crippen LogP contribution in [0.4, 0.5) is 0 Å². The standard InChI is InChI=1S/C12H22N4/c1-10(2)6-12(4-5-12)9-13-7-11-8-14-15-16(11)3/h8,10,13H,4-7,9H2,1-3H3. The van der Waals surface area contributed by atoms with Gasteiger partial charge in [-0.25, -0.2) is 0 Å². The highest BCUT2D eigenvalue weighted by Gasteiger charge is 2.42. The molecule has 1 aromatic rings. The number of rotatable bonds is 6. The second kappa shape index (κ2) is 4.53. The van der Waals surface area contributed by atoms with Crippen molar-refractivity contribution in [1.82, 2.24) is 20.3 Å². The van der Waals surface area contributed by atoms with Gasteiger partial charge in [-0.3, -0.25) is 4.68 Å². The Balaban J connectivity index is 1.74. The van der Waals surface area contributed by atoms with Crippen molar-refractivity contribution in [3.63, 3.8) is 0 Å². The lowest BCUT2D eigenvalue weighted by Gasteiger charge is -2.18. The fraction of sp³-hybridized carbons (Fsp3) is 0.833. The SMILES string of the molecule is CC(C)CC1(CNCc2cnnn2C)CC1. The molecule has 1 heterocycles. The molecule has 0 unspecified atom stereocenters. The Labute approximate surface area is 97.4 Å². The van der Waals surface area contributed by atoms with E-state index in [2.05, 4.69) is 29.5 Å². The Bertz CT molecular complexity index is 339. The van der Waals surface area contributed by atoms with E-state index in [9.17, 15) is 0 Å². The van der Waals surface area contributed by atoms with Gasteiger partial charge in [0.1, 0.15) is 0 Å². The van der Waals surface area contributed by atoms with Crippen LogP contribution in [0.25, 0.3) is 0 Å². The summed E-state index contributed by atoms with van der Waals surface area (Å²) in [5, 5.41) is 11.3. The van der Waals surface area contributed by atoms with E-state index in [4.69, 9.17) is 0 Å². The van der Waals surface area contributed by atoms with Crippen LogP contribution in [0.3, 0.4) is 0 Å². The number of aromatic nitrogens is 3. The second-order valence-electron chi connectivity index (χ2n) is 5.55. The summed E-state index contributed by atoms with van der Waals surface area (Å²) in [6.45, 7) is 6.63. The van der Waals surface area contributed by atoms with Gasteiger partial charge in [0.05, 0.1) is 11.9 Å². The minimum Gasteiger partial charge on any atom is -0.311 e. The van der Waals surface area contributed by atoms with Crippen LogP contribution in [0.2, 0.25) is 0 Å². The van der Waals surface area contributed by atoms with Crippen LogP contribution in [-0.2, 0) is 13.6 Å². The summed E-state index contributed by atoms with van der Waals surface area (Å²) in [6.07, 6.45) is 5.96. The fourth-order valence-electron chi connectivity index (χ4n) is 2.42. The lowest BCUT2D eigenvalue weighted by atomic mass is 9.94. The number of hydrogen-bond acceptors (Lipinski definition) is 3. The van der Waals surface area contributed by atoms with E-state index in [1.165, 1.54) is 19.3 Å². The molecule has 4 nitrogen and oxygen atoms in total. The normalized spacial score (nSPS) is 18.0. The lowest BCUT2D eigenvalue weighted by molar-refractivity contribution is 0.364. The van der Waals surface area contributed by atoms with Crippen LogP contribution in [-0.4, -0.2) is 21.5 Å². The zero-order valence-corrected chi connectivity index (χ0v) is 10.5. The summed E-state index contributed by atoms with van der Waals surface area (Å²) in [7, 11) is 1.94. The van der Waals surface area contributed by atoms with E-state index in [0.29, 0.717) is 5.41 Å². The van der Waals surface area contributed by atoms with E-state index < -0.39 is 0 Å². The third-order valence-corrected chi connectivity index (χ3v) is 3.41. The molecule has 16 heavy (non-hydrogen) atoms. The number of nitrogens with zero attached hydrogens (tertiary/aromatic N) is 3. The first-order valence-electron chi connectivity index (χ1n) is 6.16. The van der Waals surface area contributed by atoms with Crippen LogP contribution in [0, 0.1) is 11.3 Å². The molecule has 0 saturated heterocycles. The zero-order valence-electron chi connectivity index (χ0n) is 10.5. The molecule has 4 heteroatoms. The summed E-state index contributed by atoms with van der Waals surface area (Å²) in [5.41, 5.74) is 1.75. The maximum Gasteiger partial charge on any atom is 0.0738 e. The fourth-order valence-corrected chi connectivity index (χ4v) is 2.42. The molecule has 0 bridgehead atoms. The van der Waals surface area contributed by atoms with E-state index in [-0.39, 0.29) is 0 Å². The largest absolute Gasteiger partial charge is 0.311 e. The van der Waals surface area contributed by atoms with Gasteiger partial charge in [0.2, 0.25) is 0 Å². The quantitative estimate of drug-likeness (QED) is 0.797. The van der Waals surface area contributed by atoms with Gasteiger partial charge in [-0.1, -0.05) is 19.1 Å². The van der Waals surface area contributed by atoms with Gasteiger partial charge in [-0.05, 0) is 30.6 Å². The number of nitrogens with one attached hydrogen (secondary N) is 1. The molecule has 0 spiro atoms. The minimum atomic E-state index is 0.597. The highest BCUT2D eigenvalue weighted by molar-refractivity contribution is 4.97. The molecule has 1 saturated carbocycles. The summed E-state index contributed by atoms with van der Waals surface area (Å²) < 4.78 is 1.83. The molecule has 0 atom stereocenters. The van der Waals surface area contributed by atoms with Crippen molar-refractivity contribution in [1.29, 1.82) is 0 Å². The molecule has 0 radical (unpaired) electrons. The van der Waals surface area contributed by atoms with E-state index in [1.807, 2.05) is 17.9 Å². The van der Waals surface area contributed by atoms with Gasteiger partial charge >= 0.3 is 0 Å². The first kappa shape index (κ1) is 11.6. The maximum absolute atomic E-state index is 3.92. The Morgan fingerprint density at radius 2 is 2.25 bits per heavy atom. The van der Waals surface area contributed by atoms with Gasteiger partial charge in [-0.2, -0.15) is 0 Å². The predicted octanol–water partition coefficient (Wildman–Crippen LogP) is 1.73. The third-order valence-electron chi connectivity index (χ3n) is 3.41. The van der Waals surface area contributed by atoms with Gasteiger partial charge in [0, 0.05) is 20.1 Å². The number of hydrogen-bond donors (Lipinski definition) is 1. The summed E-state index contributed by atoms with van der Waals surface area (Å²) in [5.74, 6) is 0.808. The van der Waals surface area contributed by atoms with Gasteiger partial charge in [0.25, 0.3) is 0 Å². The Kier molecular flexibility index (Phi) is 3.28. The first-order chi connectivity index (χ1) is 7.61. The molecule has 0 amide bonds. The predicted molar refractivity (Wildman–Crippen MR) is 63.8 cm³/mol. The molecule has 1 aliphatic carbocycles. The average molecular weight is 222 g/mol. The Morgan fingerprint density at radius 3 is 2.75 bits per heavy atom. The Hall–Kier alpha value is -0.900. The van der Waals surface area contributed by atoms with Crippen molar-refractivity contribution >= 4 is 0 Å². The van der Waals surface area contributed by atoms with Crippen molar-refractivity contribution in [3.8, 4) is 0 Å². The molecule has 0 aliphatic heterocycles. The monoisotopic (exact) mass is 222 g/mol. The highest BCUT2D eigenvalue weighted by atomic mass is 15.4. The van der Waals surface area contributed by atoms with E-state index in [0.717, 1.165) is 24.7 Å². The molecular weight excluding hydrogens is 200 g/mol. The topological polar surface area (TPSA) is 42.7 Å². The van der Waals surface area contributed by atoms with Crippen molar-refractivity contribution in [2.75, 3.05) is 6.54 Å². The van der Waals surface area contributed by atoms with Crippen molar-refractivity contribution in [2.24, 2.45) is 18.4 Å². The number of aryl methyl sites for hydroxylation is 1. The summed E-state index contributed by atoms with van der Waals surface area (Å²) >= 11 is 0. The van der Waals surface area contributed by atoms with Crippen LogP contribution in [0.5, 0.6) is 0 Å². The smallest absolute Gasteiger partial charge is 0.0738 e. The second-order valence-corrected chi connectivity index (χ2v) is 5.55. The lowest BCUT2D eigenvalue weighted by Crippen LogP contribution is -2.25. The van der Waals surface area contributed by atoms with Crippen molar-refractivity contribution < 1.29 is 0 Å². The van der Waals surface area contributed by atoms with E-state index in [1.54, 1.807) is 0 Å². The summed E-state index contributed by atoms with van der Waals surface area (Å²) in [4.78, 5) is 0. The molecule has 1 fully saturated rings. The highest BCUT2D eigenvalue weighted by Crippen LogP contribution is 2.49. The maximum atomic E-state index is 3.92. The molecule has 1 aromatic heterocycles. The van der Waals surface area contributed by atoms with Crippen LogP contribution < -0.4 is 5.32 Å². The van der Waals surface area contributed by atoms with Gasteiger partial charge < -0.3 is 5.32 Å². The average Bonchev–Trinajstić information content (AvgIpc) is 2.82.